The Hall–Kier alpha value is -2.32. The third-order valence-corrected chi connectivity index (χ3v) is 6.73. The van der Waals surface area contributed by atoms with Crippen LogP contribution in [0.2, 0.25) is 0 Å². The third kappa shape index (κ3) is 3.74. The molecular formula is C23H28N4O3. The number of benzene rings is 1. The van der Waals surface area contributed by atoms with Crippen molar-refractivity contribution in [3.05, 3.63) is 65.5 Å². The second kappa shape index (κ2) is 7.74. The maximum Gasteiger partial charge on any atom is 0.335 e. The predicted octanol–water partition coefficient (Wildman–Crippen LogP) is 1.29. The Morgan fingerprint density at radius 1 is 1.07 bits per heavy atom. The van der Waals surface area contributed by atoms with E-state index in [1.165, 1.54) is 5.56 Å². The average molecular weight is 409 g/mol. The summed E-state index contributed by atoms with van der Waals surface area (Å²) in [5.74, 6) is -0.885. The van der Waals surface area contributed by atoms with Crippen molar-refractivity contribution in [1.29, 1.82) is 0 Å². The number of pyridine rings is 1. The SMILES string of the molecule is O=C(O)c1cccc(CN2CC3(CN(Cc4cccnc4)C[C@@H]4C[C@@H](O)CN43)C2)c1. The molecule has 0 aliphatic carbocycles. The van der Waals surface area contributed by atoms with E-state index in [1.54, 1.807) is 18.3 Å². The number of likely N-dealkylation sites (tertiary alicyclic amines) is 1. The number of aliphatic hydroxyl groups is 1. The zero-order chi connectivity index (χ0) is 20.7. The molecule has 30 heavy (non-hydrogen) atoms. The van der Waals surface area contributed by atoms with Crippen molar-refractivity contribution in [3.63, 3.8) is 0 Å². The van der Waals surface area contributed by atoms with Crippen molar-refractivity contribution in [2.24, 2.45) is 0 Å². The minimum absolute atomic E-state index is 0.0625. The molecule has 3 aliphatic heterocycles. The van der Waals surface area contributed by atoms with Gasteiger partial charge in [0.2, 0.25) is 0 Å². The Morgan fingerprint density at radius 3 is 2.60 bits per heavy atom. The first-order valence-corrected chi connectivity index (χ1v) is 10.6. The lowest BCUT2D eigenvalue weighted by atomic mass is 9.83. The molecule has 4 heterocycles. The molecule has 1 spiro atoms. The average Bonchev–Trinajstić information content (AvgIpc) is 3.08. The Morgan fingerprint density at radius 2 is 1.83 bits per heavy atom. The molecule has 7 heteroatoms. The van der Waals surface area contributed by atoms with Gasteiger partial charge in [-0.1, -0.05) is 18.2 Å². The molecule has 3 fully saturated rings. The van der Waals surface area contributed by atoms with Gasteiger partial charge in [-0.15, -0.1) is 0 Å². The second-order valence-corrected chi connectivity index (χ2v) is 9.10. The number of aromatic nitrogens is 1. The van der Waals surface area contributed by atoms with E-state index in [0.29, 0.717) is 11.6 Å². The Bertz CT molecular complexity index is 916. The van der Waals surface area contributed by atoms with Gasteiger partial charge in [-0.05, 0) is 35.7 Å². The van der Waals surface area contributed by atoms with Gasteiger partial charge in [0.05, 0.1) is 17.2 Å². The molecular weight excluding hydrogens is 380 g/mol. The van der Waals surface area contributed by atoms with E-state index in [4.69, 9.17) is 0 Å². The highest BCUT2D eigenvalue weighted by molar-refractivity contribution is 5.87. The summed E-state index contributed by atoms with van der Waals surface area (Å²) in [6.07, 6.45) is 4.34. The van der Waals surface area contributed by atoms with Crippen LogP contribution in [0.1, 0.15) is 27.9 Å². The lowest BCUT2D eigenvalue weighted by Crippen LogP contribution is -2.77. The first-order valence-electron chi connectivity index (χ1n) is 10.6. The van der Waals surface area contributed by atoms with Gasteiger partial charge in [0.15, 0.2) is 0 Å². The van der Waals surface area contributed by atoms with Gasteiger partial charge < -0.3 is 10.2 Å². The topological polar surface area (TPSA) is 80.1 Å². The van der Waals surface area contributed by atoms with Crippen LogP contribution >= 0.6 is 0 Å². The summed E-state index contributed by atoms with van der Waals surface area (Å²) in [4.78, 5) is 22.9. The number of nitrogens with zero attached hydrogens (tertiary/aromatic N) is 4. The molecule has 1 aromatic carbocycles. The first-order chi connectivity index (χ1) is 14.5. The summed E-state index contributed by atoms with van der Waals surface area (Å²) < 4.78 is 0. The minimum Gasteiger partial charge on any atom is -0.478 e. The monoisotopic (exact) mass is 408 g/mol. The lowest BCUT2D eigenvalue weighted by molar-refractivity contribution is -0.118. The number of carboxylic acids is 1. The summed E-state index contributed by atoms with van der Waals surface area (Å²) in [5.41, 5.74) is 2.66. The van der Waals surface area contributed by atoms with E-state index in [0.717, 1.165) is 57.8 Å². The van der Waals surface area contributed by atoms with E-state index >= 15 is 0 Å². The second-order valence-electron chi connectivity index (χ2n) is 9.10. The standard InChI is InChI=1S/C23H28N4O3/c28-21-8-20-12-25(11-18-4-2-6-24-9-18)14-23(27(20)13-21)15-26(16-23)10-17-3-1-5-19(7-17)22(29)30/h1-7,9,20-21,28H,8,10-16H2,(H,29,30)/t20-,21+/m0/s1. The number of carbonyl (C=O) groups is 1. The van der Waals surface area contributed by atoms with Gasteiger partial charge >= 0.3 is 5.97 Å². The maximum absolute atomic E-state index is 11.3. The number of hydrogen-bond acceptors (Lipinski definition) is 6. The van der Waals surface area contributed by atoms with Crippen molar-refractivity contribution >= 4 is 5.97 Å². The van der Waals surface area contributed by atoms with Crippen LogP contribution in [-0.4, -0.2) is 86.3 Å². The van der Waals surface area contributed by atoms with Gasteiger partial charge in [-0.3, -0.25) is 19.7 Å². The predicted molar refractivity (Wildman–Crippen MR) is 112 cm³/mol. The molecule has 0 bridgehead atoms. The number of fused-ring (bicyclic) bond motifs is 2. The lowest BCUT2D eigenvalue weighted by Gasteiger charge is -2.61. The summed E-state index contributed by atoms with van der Waals surface area (Å²) in [5, 5.41) is 19.6. The first kappa shape index (κ1) is 19.6. The van der Waals surface area contributed by atoms with E-state index in [9.17, 15) is 15.0 Å². The summed E-state index contributed by atoms with van der Waals surface area (Å²) in [6.45, 7) is 6.25. The van der Waals surface area contributed by atoms with Crippen LogP contribution in [0.5, 0.6) is 0 Å². The molecule has 7 nitrogen and oxygen atoms in total. The highest BCUT2D eigenvalue weighted by atomic mass is 16.4. The molecule has 1 aromatic heterocycles. The fourth-order valence-corrected chi connectivity index (χ4v) is 5.63. The molecule has 0 radical (unpaired) electrons. The van der Waals surface area contributed by atoms with Crippen LogP contribution in [0.4, 0.5) is 0 Å². The van der Waals surface area contributed by atoms with Crippen LogP contribution in [0.15, 0.2) is 48.8 Å². The van der Waals surface area contributed by atoms with Crippen LogP contribution in [0.3, 0.4) is 0 Å². The number of rotatable bonds is 5. The summed E-state index contributed by atoms with van der Waals surface area (Å²) >= 11 is 0. The van der Waals surface area contributed by atoms with E-state index in [2.05, 4.69) is 25.8 Å². The molecule has 2 N–H and O–H groups in total. The van der Waals surface area contributed by atoms with Gasteiger partial charge in [-0.2, -0.15) is 0 Å². The Balaban J connectivity index is 1.29. The van der Waals surface area contributed by atoms with Gasteiger partial charge in [0.1, 0.15) is 0 Å². The minimum atomic E-state index is -0.885. The van der Waals surface area contributed by atoms with Crippen LogP contribution < -0.4 is 0 Å². The van der Waals surface area contributed by atoms with E-state index in [1.807, 2.05) is 24.4 Å². The van der Waals surface area contributed by atoms with Crippen molar-refractivity contribution in [1.82, 2.24) is 19.7 Å². The zero-order valence-corrected chi connectivity index (χ0v) is 17.0. The fraction of sp³-hybridized carbons (Fsp3) is 0.478. The summed E-state index contributed by atoms with van der Waals surface area (Å²) in [7, 11) is 0. The number of β-amino-alcohol motifs (C(OH)–C–C–N with tert-alkyl or cyclic N) is 1. The van der Waals surface area contributed by atoms with E-state index in [-0.39, 0.29) is 11.6 Å². The highest BCUT2D eigenvalue weighted by Gasteiger charge is 2.55. The molecule has 2 atom stereocenters. The van der Waals surface area contributed by atoms with Crippen LogP contribution in [-0.2, 0) is 13.1 Å². The number of aromatic carboxylic acids is 1. The molecule has 3 saturated heterocycles. The summed E-state index contributed by atoms with van der Waals surface area (Å²) in [6, 6.07) is 11.7. The molecule has 2 aromatic rings. The van der Waals surface area contributed by atoms with Crippen LogP contribution in [0.25, 0.3) is 0 Å². The van der Waals surface area contributed by atoms with Crippen molar-refractivity contribution in [3.8, 4) is 0 Å². The molecule has 0 amide bonds. The van der Waals surface area contributed by atoms with Gasteiger partial charge in [0.25, 0.3) is 0 Å². The Kier molecular flexibility index (Phi) is 5.06. The number of piperazine rings is 1. The largest absolute Gasteiger partial charge is 0.478 e. The molecule has 0 saturated carbocycles. The highest BCUT2D eigenvalue weighted by Crippen LogP contribution is 2.39. The number of hydrogen-bond donors (Lipinski definition) is 2. The zero-order valence-electron chi connectivity index (χ0n) is 17.0. The van der Waals surface area contributed by atoms with Gasteiger partial charge in [0, 0.05) is 64.2 Å². The van der Waals surface area contributed by atoms with Crippen molar-refractivity contribution in [2.75, 3.05) is 32.7 Å². The third-order valence-electron chi connectivity index (χ3n) is 6.73. The Labute approximate surface area is 176 Å². The number of carboxylic acid groups (broad SMARTS) is 1. The molecule has 158 valence electrons. The van der Waals surface area contributed by atoms with Crippen LogP contribution in [0, 0.1) is 0 Å². The van der Waals surface area contributed by atoms with Crippen molar-refractivity contribution < 1.29 is 15.0 Å². The quantitative estimate of drug-likeness (QED) is 0.772. The number of aliphatic hydroxyl groups excluding tert-OH is 1. The maximum atomic E-state index is 11.3. The molecule has 0 unspecified atom stereocenters. The smallest absolute Gasteiger partial charge is 0.335 e. The van der Waals surface area contributed by atoms with Gasteiger partial charge in [-0.25, -0.2) is 4.79 Å². The molecule has 3 aliphatic rings. The van der Waals surface area contributed by atoms with Crippen molar-refractivity contribution in [2.45, 2.75) is 37.2 Å². The van der Waals surface area contributed by atoms with E-state index < -0.39 is 5.97 Å². The normalized spacial score (nSPS) is 26.4. The fourth-order valence-electron chi connectivity index (χ4n) is 5.63. The molecule has 5 rings (SSSR count).